The van der Waals surface area contributed by atoms with E-state index < -0.39 is 10.0 Å². The quantitative estimate of drug-likeness (QED) is 0.837. The number of benzene rings is 1. The van der Waals surface area contributed by atoms with E-state index in [0.717, 1.165) is 38.0 Å². The van der Waals surface area contributed by atoms with Crippen molar-refractivity contribution in [3.05, 3.63) is 41.3 Å². The summed E-state index contributed by atoms with van der Waals surface area (Å²) in [6.07, 6.45) is 6.13. The van der Waals surface area contributed by atoms with E-state index in [9.17, 15) is 8.42 Å². The lowest BCUT2D eigenvalue weighted by atomic mass is 10.2. The molecule has 2 fully saturated rings. The van der Waals surface area contributed by atoms with Crippen LogP contribution in [0.15, 0.2) is 35.7 Å². The highest BCUT2D eigenvalue weighted by atomic mass is 32.2. The zero-order valence-corrected chi connectivity index (χ0v) is 13.7. The Morgan fingerprint density at radius 3 is 2.50 bits per heavy atom. The number of likely N-dealkylation sites (tertiary alicyclic amines) is 1. The summed E-state index contributed by atoms with van der Waals surface area (Å²) >= 11 is 0. The van der Waals surface area contributed by atoms with Crippen molar-refractivity contribution in [3.8, 4) is 0 Å². The molecule has 2 heterocycles. The van der Waals surface area contributed by atoms with E-state index in [4.69, 9.17) is 0 Å². The second-order valence-corrected chi connectivity index (χ2v) is 7.94. The van der Waals surface area contributed by atoms with Crippen molar-refractivity contribution in [2.45, 2.75) is 31.7 Å². The van der Waals surface area contributed by atoms with Gasteiger partial charge in [0.15, 0.2) is 0 Å². The highest BCUT2D eigenvalue weighted by Gasteiger charge is 2.34. The first-order chi connectivity index (χ1) is 10.6. The van der Waals surface area contributed by atoms with Gasteiger partial charge in [-0.15, -0.1) is 0 Å². The fourth-order valence-corrected chi connectivity index (χ4v) is 4.85. The maximum atomic E-state index is 12.6. The lowest BCUT2D eigenvalue weighted by Gasteiger charge is -2.26. The topological polar surface area (TPSA) is 40.6 Å². The van der Waals surface area contributed by atoms with Crippen molar-refractivity contribution < 1.29 is 8.42 Å². The molecule has 0 radical (unpaired) electrons. The van der Waals surface area contributed by atoms with E-state index in [1.165, 1.54) is 18.2 Å². The molecule has 0 amide bonds. The minimum absolute atomic E-state index is 0.142. The number of sulfonamides is 1. The molecule has 1 atom stereocenters. The Balaban J connectivity index is 1.68. The standard InChI is InChI=1S/C17H24N2O2S/c20-22(21,14-10-16-7-2-1-3-8-16)19-13-6-9-17(19)15-18-11-4-5-12-18/h1-3,7-8,10,14,17H,4-6,9,11-13,15H2. The first kappa shape index (κ1) is 15.7. The Kier molecular flexibility index (Phi) is 4.96. The van der Waals surface area contributed by atoms with Gasteiger partial charge in [-0.25, -0.2) is 8.42 Å². The van der Waals surface area contributed by atoms with Gasteiger partial charge in [0.2, 0.25) is 10.0 Å². The van der Waals surface area contributed by atoms with Crippen LogP contribution in [0.4, 0.5) is 0 Å². The van der Waals surface area contributed by atoms with E-state index in [1.807, 2.05) is 30.3 Å². The summed E-state index contributed by atoms with van der Waals surface area (Å²) in [7, 11) is -3.32. The van der Waals surface area contributed by atoms with Crippen LogP contribution in [-0.4, -0.2) is 49.8 Å². The molecule has 2 saturated heterocycles. The predicted molar refractivity (Wildman–Crippen MR) is 89.8 cm³/mol. The van der Waals surface area contributed by atoms with Gasteiger partial charge in [0.25, 0.3) is 0 Å². The summed E-state index contributed by atoms with van der Waals surface area (Å²) in [6.45, 7) is 3.77. The molecule has 2 aliphatic rings. The van der Waals surface area contributed by atoms with Gasteiger partial charge in [-0.1, -0.05) is 30.3 Å². The van der Waals surface area contributed by atoms with Crippen molar-refractivity contribution >= 4 is 16.1 Å². The van der Waals surface area contributed by atoms with Gasteiger partial charge in [0.05, 0.1) is 0 Å². The summed E-state index contributed by atoms with van der Waals surface area (Å²) in [4.78, 5) is 2.40. The Morgan fingerprint density at radius 2 is 1.77 bits per heavy atom. The number of nitrogens with zero attached hydrogens (tertiary/aromatic N) is 2. The Hall–Kier alpha value is -1.17. The van der Waals surface area contributed by atoms with Crippen LogP contribution in [0.1, 0.15) is 31.2 Å². The van der Waals surface area contributed by atoms with E-state index >= 15 is 0 Å². The second-order valence-electron chi connectivity index (χ2n) is 6.17. The zero-order valence-electron chi connectivity index (χ0n) is 12.9. The third-order valence-corrected chi connectivity index (χ3v) is 6.16. The number of hydrogen-bond donors (Lipinski definition) is 0. The van der Waals surface area contributed by atoms with Gasteiger partial charge < -0.3 is 4.90 Å². The molecule has 5 heteroatoms. The molecule has 1 aromatic carbocycles. The summed E-state index contributed by atoms with van der Waals surface area (Å²) < 4.78 is 26.9. The number of rotatable bonds is 5. The number of hydrogen-bond acceptors (Lipinski definition) is 3. The van der Waals surface area contributed by atoms with Gasteiger partial charge in [-0.05, 0) is 50.4 Å². The van der Waals surface area contributed by atoms with E-state index in [0.29, 0.717) is 6.54 Å². The maximum Gasteiger partial charge on any atom is 0.236 e. The molecule has 2 aliphatic heterocycles. The fraction of sp³-hybridized carbons (Fsp3) is 0.529. The van der Waals surface area contributed by atoms with E-state index in [2.05, 4.69) is 4.90 Å². The van der Waals surface area contributed by atoms with Crippen LogP contribution in [0.3, 0.4) is 0 Å². The van der Waals surface area contributed by atoms with Gasteiger partial charge in [0, 0.05) is 24.5 Å². The van der Waals surface area contributed by atoms with Crippen LogP contribution in [0.25, 0.3) is 6.08 Å². The van der Waals surface area contributed by atoms with Gasteiger partial charge in [0.1, 0.15) is 0 Å². The summed E-state index contributed by atoms with van der Waals surface area (Å²) in [5, 5.41) is 1.37. The molecule has 0 bridgehead atoms. The molecule has 0 N–H and O–H groups in total. The molecule has 0 aliphatic carbocycles. The first-order valence-electron chi connectivity index (χ1n) is 8.12. The predicted octanol–water partition coefficient (Wildman–Crippen LogP) is 2.55. The van der Waals surface area contributed by atoms with Crippen molar-refractivity contribution in [3.63, 3.8) is 0 Å². The molecule has 0 spiro atoms. The van der Waals surface area contributed by atoms with Crippen LogP contribution in [0.5, 0.6) is 0 Å². The van der Waals surface area contributed by atoms with E-state index in [1.54, 1.807) is 10.4 Å². The molecular formula is C17H24N2O2S. The highest BCUT2D eigenvalue weighted by Crippen LogP contribution is 2.24. The normalized spacial score (nSPS) is 24.5. The Labute approximate surface area is 133 Å². The lowest BCUT2D eigenvalue weighted by molar-refractivity contribution is 0.258. The summed E-state index contributed by atoms with van der Waals surface area (Å²) in [5.74, 6) is 0. The molecule has 0 saturated carbocycles. The van der Waals surface area contributed by atoms with Crippen LogP contribution in [0.2, 0.25) is 0 Å². The van der Waals surface area contributed by atoms with Crippen LogP contribution in [-0.2, 0) is 10.0 Å². The molecular weight excluding hydrogens is 296 g/mol. The molecule has 3 rings (SSSR count). The summed E-state index contributed by atoms with van der Waals surface area (Å²) in [6, 6.07) is 9.73. The molecule has 1 aromatic rings. The minimum atomic E-state index is -3.32. The average molecular weight is 320 g/mol. The van der Waals surface area contributed by atoms with Gasteiger partial charge in [-0.3, -0.25) is 0 Å². The zero-order chi connectivity index (χ0) is 15.4. The van der Waals surface area contributed by atoms with Crippen LogP contribution >= 0.6 is 0 Å². The highest BCUT2D eigenvalue weighted by molar-refractivity contribution is 7.92. The smallest absolute Gasteiger partial charge is 0.236 e. The summed E-state index contributed by atoms with van der Waals surface area (Å²) in [5.41, 5.74) is 0.918. The van der Waals surface area contributed by atoms with Crippen molar-refractivity contribution in [1.29, 1.82) is 0 Å². The Morgan fingerprint density at radius 1 is 1.05 bits per heavy atom. The Bertz CT molecular complexity index is 607. The van der Waals surface area contributed by atoms with Gasteiger partial charge >= 0.3 is 0 Å². The second kappa shape index (κ2) is 6.94. The molecule has 22 heavy (non-hydrogen) atoms. The molecule has 1 unspecified atom stereocenters. The molecule has 120 valence electrons. The largest absolute Gasteiger partial charge is 0.302 e. The SMILES string of the molecule is O=S(=O)(C=Cc1ccccc1)N1CCCC1CN1CCCC1. The molecule has 4 nitrogen and oxygen atoms in total. The van der Waals surface area contributed by atoms with Crippen molar-refractivity contribution in [2.75, 3.05) is 26.2 Å². The average Bonchev–Trinajstić information content (AvgIpc) is 3.19. The minimum Gasteiger partial charge on any atom is -0.302 e. The lowest BCUT2D eigenvalue weighted by Crippen LogP contribution is -2.41. The van der Waals surface area contributed by atoms with Crippen LogP contribution in [0, 0.1) is 0 Å². The fourth-order valence-electron chi connectivity index (χ4n) is 3.40. The van der Waals surface area contributed by atoms with Crippen molar-refractivity contribution in [1.82, 2.24) is 9.21 Å². The third kappa shape index (κ3) is 3.77. The van der Waals surface area contributed by atoms with Crippen molar-refractivity contribution in [2.24, 2.45) is 0 Å². The third-order valence-electron chi connectivity index (χ3n) is 4.55. The first-order valence-corrected chi connectivity index (χ1v) is 9.63. The molecule has 0 aromatic heterocycles. The van der Waals surface area contributed by atoms with Gasteiger partial charge in [-0.2, -0.15) is 4.31 Å². The maximum absolute atomic E-state index is 12.6. The van der Waals surface area contributed by atoms with Crippen LogP contribution < -0.4 is 0 Å². The monoisotopic (exact) mass is 320 g/mol. The van der Waals surface area contributed by atoms with E-state index in [-0.39, 0.29) is 6.04 Å².